The molecule has 1 rings (SSSR count). The van der Waals surface area contributed by atoms with E-state index in [4.69, 9.17) is 5.73 Å². The molecular weight excluding hydrogens is 264 g/mol. The van der Waals surface area contributed by atoms with E-state index >= 15 is 0 Å². The van der Waals surface area contributed by atoms with Crippen LogP contribution in [0, 0.1) is 11.6 Å². The molecule has 0 spiro atoms. The molecule has 1 aromatic carbocycles. The van der Waals surface area contributed by atoms with Crippen LogP contribution >= 0.6 is 15.9 Å². The average Bonchev–Trinajstić information content (AvgIpc) is 2.23. The zero-order valence-electron chi connectivity index (χ0n) is 8.56. The van der Waals surface area contributed by atoms with E-state index in [0.29, 0.717) is 5.56 Å². The lowest BCUT2D eigenvalue weighted by molar-refractivity contribution is 0.497. The van der Waals surface area contributed by atoms with Crippen LogP contribution < -0.4 is 5.73 Å². The molecule has 0 radical (unpaired) electrons. The number of halogens is 3. The fraction of sp³-hybridized carbons (Fsp3) is 0.455. The van der Waals surface area contributed by atoms with Crippen LogP contribution in [0.25, 0.3) is 0 Å². The molecule has 0 aliphatic carbocycles. The van der Waals surface area contributed by atoms with Gasteiger partial charge in [-0.15, -0.1) is 0 Å². The van der Waals surface area contributed by atoms with Crippen molar-refractivity contribution in [1.29, 1.82) is 0 Å². The van der Waals surface area contributed by atoms with Crippen molar-refractivity contribution in [3.63, 3.8) is 0 Å². The Bertz CT molecular complexity index is 342. The van der Waals surface area contributed by atoms with Crippen LogP contribution in [-0.2, 0) is 0 Å². The van der Waals surface area contributed by atoms with Gasteiger partial charge >= 0.3 is 0 Å². The van der Waals surface area contributed by atoms with E-state index in [1.54, 1.807) is 0 Å². The summed E-state index contributed by atoms with van der Waals surface area (Å²) in [4.78, 5) is 0. The van der Waals surface area contributed by atoms with Gasteiger partial charge in [0.15, 0.2) is 11.6 Å². The summed E-state index contributed by atoms with van der Waals surface area (Å²) in [5.74, 6) is -1.72. The molecule has 0 aromatic heterocycles. The number of benzene rings is 1. The van der Waals surface area contributed by atoms with Gasteiger partial charge < -0.3 is 5.73 Å². The quantitative estimate of drug-likeness (QED) is 0.830. The second-order valence-electron chi connectivity index (χ2n) is 3.51. The molecular formula is C11H14BrF2N. The summed E-state index contributed by atoms with van der Waals surface area (Å²) < 4.78 is 26.2. The monoisotopic (exact) mass is 277 g/mol. The fourth-order valence-electron chi connectivity index (χ4n) is 1.41. The third-order valence-electron chi connectivity index (χ3n) is 2.33. The Balaban J connectivity index is 2.90. The molecule has 0 aliphatic rings. The van der Waals surface area contributed by atoms with Crippen molar-refractivity contribution < 1.29 is 8.78 Å². The normalized spacial score (nSPS) is 12.9. The lowest BCUT2D eigenvalue weighted by atomic mass is 10.0. The highest BCUT2D eigenvalue weighted by molar-refractivity contribution is 9.10. The third-order valence-corrected chi connectivity index (χ3v) is 3.14. The fourth-order valence-corrected chi connectivity index (χ4v) is 2.02. The first-order valence-electron chi connectivity index (χ1n) is 4.96. The molecule has 0 saturated heterocycles. The predicted octanol–water partition coefficient (Wildman–Crippen LogP) is 3.92. The first kappa shape index (κ1) is 12.6. The molecule has 0 heterocycles. The van der Waals surface area contributed by atoms with Crippen molar-refractivity contribution in [1.82, 2.24) is 0 Å². The maximum atomic E-state index is 13.2. The SMILES string of the molecule is CCCCC(N)c1ccc(F)c(F)c1Br. The standard InChI is InChI=1S/C11H14BrF2N/c1-2-3-4-9(15)7-5-6-8(13)11(14)10(7)12/h5-6,9H,2-4,15H2,1H3. The van der Waals surface area contributed by atoms with Crippen molar-refractivity contribution >= 4 is 15.9 Å². The zero-order valence-corrected chi connectivity index (χ0v) is 10.2. The van der Waals surface area contributed by atoms with E-state index in [1.165, 1.54) is 6.07 Å². The van der Waals surface area contributed by atoms with Crippen molar-refractivity contribution in [2.24, 2.45) is 5.73 Å². The van der Waals surface area contributed by atoms with Crippen LogP contribution in [0.2, 0.25) is 0 Å². The molecule has 84 valence electrons. The van der Waals surface area contributed by atoms with Crippen LogP contribution in [0.15, 0.2) is 16.6 Å². The van der Waals surface area contributed by atoms with Crippen molar-refractivity contribution in [2.45, 2.75) is 32.2 Å². The highest BCUT2D eigenvalue weighted by Crippen LogP contribution is 2.28. The lowest BCUT2D eigenvalue weighted by Gasteiger charge is -2.13. The van der Waals surface area contributed by atoms with Crippen LogP contribution in [0.1, 0.15) is 37.8 Å². The minimum Gasteiger partial charge on any atom is -0.324 e. The second-order valence-corrected chi connectivity index (χ2v) is 4.31. The van der Waals surface area contributed by atoms with Gasteiger partial charge in [0.1, 0.15) is 0 Å². The van der Waals surface area contributed by atoms with E-state index in [0.717, 1.165) is 25.3 Å². The van der Waals surface area contributed by atoms with Gasteiger partial charge in [-0.2, -0.15) is 0 Å². The Hall–Kier alpha value is -0.480. The number of rotatable bonds is 4. The van der Waals surface area contributed by atoms with Crippen LogP contribution in [0.4, 0.5) is 8.78 Å². The van der Waals surface area contributed by atoms with E-state index in [1.807, 2.05) is 0 Å². The van der Waals surface area contributed by atoms with Crippen molar-refractivity contribution in [3.8, 4) is 0 Å². The summed E-state index contributed by atoms with van der Waals surface area (Å²) in [6, 6.07) is 2.40. The van der Waals surface area contributed by atoms with E-state index in [2.05, 4.69) is 22.9 Å². The van der Waals surface area contributed by atoms with E-state index in [9.17, 15) is 8.78 Å². The highest BCUT2D eigenvalue weighted by Gasteiger charge is 2.15. The van der Waals surface area contributed by atoms with Crippen LogP contribution in [0.5, 0.6) is 0 Å². The van der Waals surface area contributed by atoms with E-state index < -0.39 is 11.6 Å². The minimum atomic E-state index is -0.862. The van der Waals surface area contributed by atoms with Crippen molar-refractivity contribution in [3.05, 3.63) is 33.8 Å². The molecule has 0 amide bonds. The molecule has 1 nitrogen and oxygen atoms in total. The lowest BCUT2D eigenvalue weighted by Crippen LogP contribution is -2.11. The number of hydrogen-bond acceptors (Lipinski definition) is 1. The predicted molar refractivity (Wildman–Crippen MR) is 60.5 cm³/mol. The molecule has 4 heteroatoms. The minimum absolute atomic E-state index is 0.145. The summed E-state index contributed by atoms with van der Waals surface area (Å²) in [6.45, 7) is 2.06. The van der Waals surface area contributed by atoms with Gasteiger partial charge in [0, 0.05) is 6.04 Å². The van der Waals surface area contributed by atoms with Gasteiger partial charge in [-0.1, -0.05) is 25.8 Å². The summed E-state index contributed by atoms with van der Waals surface area (Å²) in [7, 11) is 0. The Kier molecular flexibility index (Phi) is 4.67. The highest BCUT2D eigenvalue weighted by atomic mass is 79.9. The van der Waals surface area contributed by atoms with Crippen LogP contribution in [0.3, 0.4) is 0 Å². The van der Waals surface area contributed by atoms with Gasteiger partial charge in [-0.05, 0) is 34.0 Å². The average molecular weight is 278 g/mol. The Morgan fingerprint density at radius 3 is 2.67 bits per heavy atom. The topological polar surface area (TPSA) is 26.0 Å². The number of unbranched alkanes of at least 4 members (excludes halogenated alkanes) is 1. The number of hydrogen-bond donors (Lipinski definition) is 1. The molecule has 1 aromatic rings. The molecule has 0 fully saturated rings. The maximum Gasteiger partial charge on any atom is 0.173 e. The van der Waals surface area contributed by atoms with Crippen LogP contribution in [-0.4, -0.2) is 0 Å². The first-order valence-corrected chi connectivity index (χ1v) is 5.76. The smallest absolute Gasteiger partial charge is 0.173 e. The zero-order chi connectivity index (χ0) is 11.4. The summed E-state index contributed by atoms with van der Waals surface area (Å²) in [6.07, 6.45) is 2.79. The Morgan fingerprint density at radius 2 is 2.07 bits per heavy atom. The Labute approximate surface area is 96.8 Å². The summed E-state index contributed by atoms with van der Waals surface area (Å²) in [5, 5.41) is 0. The van der Waals surface area contributed by atoms with E-state index in [-0.39, 0.29) is 10.5 Å². The molecule has 15 heavy (non-hydrogen) atoms. The maximum absolute atomic E-state index is 13.2. The molecule has 0 aliphatic heterocycles. The largest absolute Gasteiger partial charge is 0.324 e. The molecule has 1 unspecified atom stereocenters. The molecule has 0 saturated carbocycles. The third kappa shape index (κ3) is 2.98. The molecule has 2 N–H and O–H groups in total. The first-order chi connectivity index (χ1) is 7.07. The van der Waals surface area contributed by atoms with Gasteiger partial charge in [-0.25, -0.2) is 8.78 Å². The van der Waals surface area contributed by atoms with Gasteiger partial charge in [0.25, 0.3) is 0 Å². The Morgan fingerprint density at radius 1 is 1.40 bits per heavy atom. The summed E-state index contributed by atoms with van der Waals surface area (Å²) in [5.41, 5.74) is 6.51. The number of nitrogens with two attached hydrogens (primary N) is 1. The molecule has 0 bridgehead atoms. The van der Waals surface area contributed by atoms with Gasteiger partial charge in [0.05, 0.1) is 4.47 Å². The summed E-state index contributed by atoms with van der Waals surface area (Å²) >= 11 is 3.03. The van der Waals surface area contributed by atoms with Gasteiger partial charge in [0.2, 0.25) is 0 Å². The molecule has 1 atom stereocenters. The second kappa shape index (κ2) is 5.56. The van der Waals surface area contributed by atoms with Crippen molar-refractivity contribution in [2.75, 3.05) is 0 Å². The van der Waals surface area contributed by atoms with Gasteiger partial charge in [-0.3, -0.25) is 0 Å².